The Morgan fingerprint density at radius 1 is 1.31 bits per heavy atom. The molecule has 0 radical (unpaired) electrons. The van der Waals surface area contributed by atoms with E-state index >= 15 is 0 Å². The molecule has 1 heterocycles. The molecule has 0 bridgehead atoms. The summed E-state index contributed by atoms with van der Waals surface area (Å²) in [6, 6.07) is 5.60. The Morgan fingerprint density at radius 3 is 2.75 bits per heavy atom. The van der Waals surface area contributed by atoms with Crippen molar-refractivity contribution in [2.45, 2.75) is 18.7 Å². The summed E-state index contributed by atoms with van der Waals surface area (Å²) in [6.45, 7) is 5.27. The summed E-state index contributed by atoms with van der Waals surface area (Å²) < 4.78 is 23.9. The largest absolute Gasteiger partial charge is 0.313 e. The van der Waals surface area contributed by atoms with Gasteiger partial charge in [-0.15, -0.1) is 0 Å². The van der Waals surface area contributed by atoms with Crippen molar-refractivity contribution in [1.29, 1.82) is 0 Å². The second-order valence-electron chi connectivity index (χ2n) is 3.92. The molecule has 1 N–H and O–H groups in total. The van der Waals surface area contributed by atoms with Gasteiger partial charge < -0.3 is 5.32 Å². The molecule has 16 heavy (non-hydrogen) atoms. The molecule has 3 nitrogen and oxygen atoms in total. The van der Waals surface area contributed by atoms with Gasteiger partial charge in [-0.25, -0.2) is 8.42 Å². The van der Waals surface area contributed by atoms with Crippen LogP contribution in [-0.2, 0) is 9.84 Å². The molecule has 4 heteroatoms. The van der Waals surface area contributed by atoms with E-state index in [4.69, 9.17) is 0 Å². The SMILES string of the molecule is CCNCC1=CS(=O)(=O)c2c(C)cccc21. The second-order valence-corrected chi connectivity index (χ2v) is 5.65. The van der Waals surface area contributed by atoms with Gasteiger partial charge in [0.15, 0.2) is 0 Å². The van der Waals surface area contributed by atoms with Crippen LogP contribution in [0, 0.1) is 6.92 Å². The number of hydrogen-bond donors (Lipinski definition) is 1. The lowest BCUT2D eigenvalue weighted by molar-refractivity contribution is 0.605. The van der Waals surface area contributed by atoms with Gasteiger partial charge in [0.1, 0.15) is 0 Å². The first-order valence-electron chi connectivity index (χ1n) is 5.32. The maximum absolute atomic E-state index is 11.9. The van der Waals surface area contributed by atoms with Crippen molar-refractivity contribution in [1.82, 2.24) is 5.32 Å². The van der Waals surface area contributed by atoms with Crippen molar-refractivity contribution in [2.75, 3.05) is 13.1 Å². The average molecular weight is 237 g/mol. The molecule has 1 aromatic rings. The van der Waals surface area contributed by atoms with Gasteiger partial charge in [0.2, 0.25) is 9.84 Å². The Balaban J connectivity index is 2.52. The maximum Gasteiger partial charge on any atom is 0.201 e. The van der Waals surface area contributed by atoms with Gasteiger partial charge in [0.25, 0.3) is 0 Å². The van der Waals surface area contributed by atoms with E-state index in [2.05, 4.69) is 5.32 Å². The quantitative estimate of drug-likeness (QED) is 0.871. The van der Waals surface area contributed by atoms with Crippen molar-refractivity contribution in [3.05, 3.63) is 34.7 Å². The molecule has 0 amide bonds. The van der Waals surface area contributed by atoms with Crippen LogP contribution in [-0.4, -0.2) is 21.5 Å². The Labute approximate surface area is 96.1 Å². The van der Waals surface area contributed by atoms with E-state index < -0.39 is 9.84 Å². The summed E-state index contributed by atoms with van der Waals surface area (Å²) in [5.41, 5.74) is 2.53. The van der Waals surface area contributed by atoms with Crippen LogP contribution in [0.1, 0.15) is 18.1 Å². The predicted molar refractivity (Wildman–Crippen MR) is 64.9 cm³/mol. The summed E-state index contributed by atoms with van der Waals surface area (Å²) in [5.74, 6) is 0. The number of likely N-dealkylation sites (N-methyl/N-ethyl adjacent to an activating group) is 1. The van der Waals surface area contributed by atoms with E-state index in [1.54, 1.807) is 0 Å². The minimum Gasteiger partial charge on any atom is -0.313 e. The van der Waals surface area contributed by atoms with Gasteiger partial charge in [-0.1, -0.05) is 25.1 Å². The van der Waals surface area contributed by atoms with Gasteiger partial charge in [-0.2, -0.15) is 0 Å². The van der Waals surface area contributed by atoms with Crippen molar-refractivity contribution in [3.8, 4) is 0 Å². The second kappa shape index (κ2) is 4.03. The topological polar surface area (TPSA) is 46.2 Å². The van der Waals surface area contributed by atoms with E-state index in [9.17, 15) is 8.42 Å². The molecular weight excluding hydrogens is 222 g/mol. The average Bonchev–Trinajstić information content (AvgIpc) is 2.49. The minimum atomic E-state index is -3.22. The highest BCUT2D eigenvalue weighted by Gasteiger charge is 2.27. The Kier molecular flexibility index (Phi) is 2.86. The molecule has 0 spiro atoms. The third-order valence-electron chi connectivity index (χ3n) is 2.71. The van der Waals surface area contributed by atoms with Crippen LogP contribution in [0.5, 0.6) is 0 Å². The molecule has 1 aliphatic heterocycles. The van der Waals surface area contributed by atoms with Gasteiger partial charge in [0, 0.05) is 12.0 Å². The van der Waals surface area contributed by atoms with Crippen LogP contribution in [0.3, 0.4) is 0 Å². The van der Waals surface area contributed by atoms with Gasteiger partial charge >= 0.3 is 0 Å². The zero-order valence-electron chi connectivity index (χ0n) is 9.45. The van der Waals surface area contributed by atoms with Crippen molar-refractivity contribution in [3.63, 3.8) is 0 Å². The van der Waals surface area contributed by atoms with E-state index in [1.165, 1.54) is 5.41 Å². The first kappa shape index (κ1) is 11.4. The number of nitrogens with one attached hydrogen (secondary N) is 1. The fourth-order valence-corrected chi connectivity index (χ4v) is 3.71. The van der Waals surface area contributed by atoms with E-state index in [1.807, 2.05) is 32.0 Å². The molecule has 0 saturated heterocycles. The monoisotopic (exact) mass is 237 g/mol. The maximum atomic E-state index is 11.9. The summed E-state index contributed by atoms with van der Waals surface area (Å²) in [4.78, 5) is 0.475. The van der Waals surface area contributed by atoms with Crippen LogP contribution < -0.4 is 5.32 Å². The lowest BCUT2D eigenvalue weighted by Crippen LogP contribution is -2.14. The van der Waals surface area contributed by atoms with Gasteiger partial charge in [0.05, 0.1) is 4.90 Å². The molecule has 86 valence electrons. The molecule has 0 aromatic heterocycles. The highest BCUT2D eigenvalue weighted by Crippen LogP contribution is 2.34. The van der Waals surface area contributed by atoms with E-state index in [-0.39, 0.29) is 0 Å². The van der Waals surface area contributed by atoms with Crippen molar-refractivity contribution >= 4 is 15.4 Å². The zero-order valence-corrected chi connectivity index (χ0v) is 10.3. The third kappa shape index (κ3) is 1.79. The highest BCUT2D eigenvalue weighted by atomic mass is 32.2. The van der Waals surface area contributed by atoms with Crippen LogP contribution in [0.2, 0.25) is 0 Å². The molecule has 0 fully saturated rings. The van der Waals surface area contributed by atoms with Crippen molar-refractivity contribution in [2.24, 2.45) is 0 Å². The Morgan fingerprint density at radius 2 is 2.06 bits per heavy atom. The Hall–Kier alpha value is -1.13. The van der Waals surface area contributed by atoms with Crippen LogP contribution in [0.25, 0.3) is 5.57 Å². The van der Waals surface area contributed by atoms with Gasteiger partial charge in [-0.05, 0) is 30.2 Å². The van der Waals surface area contributed by atoms with E-state index in [0.29, 0.717) is 11.4 Å². The number of rotatable bonds is 3. The molecule has 0 aliphatic carbocycles. The van der Waals surface area contributed by atoms with E-state index in [0.717, 1.165) is 23.2 Å². The fourth-order valence-electron chi connectivity index (χ4n) is 1.99. The summed E-state index contributed by atoms with van der Waals surface area (Å²) in [7, 11) is -3.22. The lowest BCUT2D eigenvalue weighted by atomic mass is 10.1. The zero-order chi connectivity index (χ0) is 11.8. The van der Waals surface area contributed by atoms with Crippen LogP contribution in [0.4, 0.5) is 0 Å². The minimum absolute atomic E-state index is 0.475. The highest BCUT2D eigenvalue weighted by molar-refractivity contribution is 7.95. The van der Waals surface area contributed by atoms with Crippen LogP contribution >= 0.6 is 0 Å². The standard InChI is InChI=1S/C12H15NO2S/c1-3-13-7-10-8-16(14,15)12-9(2)5-4-6-11(10)12/h4-6,8,13H,3,7H2,1-2H3. The molecular formula is C12H15NO2S. The molecule has 2 rings (SSSR count). The molecule has 0 unspecified atom stereocenters. The summed E-state index contributed by atoms with van der Waals surface area (Å²) in [6.07, 6.45) is 0. The first-order valence-corrected chi connectivity index (χ1v) is 6.87. The smallest absolute Gasteiger partial charge is 0.201 e. The number of benzene rings is 1. The number of aryl methyl sites for hydroxylation is 1. The lowest BCUT2D eigenvalue weighted by Gasteiger charge is -2.06. The first-order chi connectivity index (χ1) is 7.56. The summed E-state index contributed by atoms with van der Waals surface area (Å²) in [5, 5.41) is 4.54. The van der Waals surface area contributed by atoms with Crippen LogP contribution in [0.15, 0.2) is 28.5 Å². The molecule has 1 aliphatic rings. The molecule has 1 aromatic carbocycles. The van der Waals surface area contributed by atoms with Gasteiger partial charge in [-0.3, -0.25) is 0 Å². The normalized spacial score (nSPS) is 17.0. The predicted octanol–water partition coefficient (Wildman–Crippen LogP) is 1.73. The Bertz CT molecular complexity index is 544. The summed E-state index contributed by atoms with van der Waals surface area (Å²) >= 11 is 0. The fraction of sp³-hybridized carbons (Fsp3) is 0.333. The number of sulfone groups is 1. The third-order valence-corrected chi connectivity index (χ3v) is 4.41. The molecule has 0 saturated carbocycles. The number of hydrogen-bond acceptors (Lipinski definition) is 3. The number of fused-ring (bicyclic) bond motifs is 1. The molecule has 0 atom stereocenters. The van der Waals surface area contributed by atoms with Crippen molar-refractivity contribution < 1.29 is 8.42 Å².